The van der Waals surface area contributed by atoms with Gasteiger partial charge in [-0.25, -0.2) is 0 Å². The van der Waals surface area contributed by atoms with Gasteiger partial charge in [-0.15, -0.1) is 0 Å². The van der Waals surface area contributed by atoms with Gasteiger partial charge in [-0.1, -0.05) is 18.5 Å². The highest BCUT2D eigenvalue weighted by atomic mass is 35.5. The molecule has 5 nitrogen and oxygen atoms in total. The Morgan fingerprint density at radius 3 is 2.81 bits per heavy atom. The van der Waals surface area contributed by atoms with Crippen molar-refractivity contribution in [1.29, 1.82) is 5.26 Å². The molecule has 21 heavy (non-hydrogen) atoms. The molecule has 0 radical (unpaired) electrons. The van der Waals surface area contributed by atoms with Crippen molar-refractivity contribution in [1.82, 2.24) is 4.90 Å². The van der Waals surface area contributed by atoms with Crippen molar-refractivity contribution in [3.05, 3.63) is 28.8 Å². The number of hydrogen-bond acceptors (Lipinski definition) is 4. The summed E-state index contributed by atoms with van der Waals surface area (Å²) in [5, 5.41) is 12.2. The van der Waals surface area contributed by atoms with Crippen LogP contribution in [0.25, 0.3) is 0 Å². The monoisotopic (exact) mass is 305 g/mol. The van der Waals surface area contributed by atoms with Crippen molar-refractivity contribution in [2.75, 3.05) is 5.32 Å². The SMILES string of the molecule is CCC(C)N1C(=O)CC(Nc2ccc(C#N)c(Cl)c2)C1=O. The van der Waals surface area contributed by atoms with Gasteiger partial charge in [0.05, 0.1) is 17.0 Å². The number of carbonyl (C=O) groups is 2. The molecule has 1 aliphatic heterocycles. The average molecular weight is 306 g/mol. The number of imide groups is 1. The van der Waals surface area contributed by atoms with Crippen molar-refractivity contribution in [2.24, 2.45) is 0 Å². The van der Waals surface area contributed by atoms with E-state index in [1.165, 1.54) is 4.90 Å². The summed E-state index contributed by atoms with van der Waals surface area (Å²) in [6.45, 7) is 3.79. The van der Waals surface area contributed by atoms with E-state index in [1.807, 2.05) is 19.9 Å². The molecular weight excluding hydrogens is 290 g/mol. The van der Waals surface area contributed by atoms with Crippen molar-refractivity contribution >= 4 is 29.1 Å². The minimum atomic E-state index is -0.574. The number of amides is 2. The second-order valence-corrected chi connectivity index (χ2v) is 5.47. The molecule has 0 saturated carbocycles. The summed E-state index contributed by atoms with van der Waals surface area (Å²) in [7, 11) is 0. The first kappa shape index (κ1) is 15.3. The lowest BCUT2D eigenvalue weighted by molar-refractivity contribution is -0.140. The maximum absolute atomic E-state index is 12.3. The summed E-state index contributed by atoms with van der Waals surface area (Å²) in [6, 6.07) is 6.15. The van der Waals surface area contributed by atoms with Crippen molar-refractivity contribution in [3.63, 3.8) is 0 Å². The van der Waals surface area contributed by atoms with Crippen LogP contribution in [0, 0.1) is 11.3 Å². The smallest absolute Gasteiger partial charge is 0.252 e. The number of hydrogen-bond donors (Lipinski definition) is 1. The van der Waals surface area contributed by atoms with Crippen LogP contribution in [-0.4, -0.2) is 28.8 Å². The summed E-state index contributed by atoms with van der Waals surface area (Å²) in [4.78, 5) is 25.6. The molecule has 110 valence electrons. The van der Waals surface area contributed by atoms with Gasteiger partial charge in [-0.2, -0.15) is 5.26 Å². The molecule has 1 heterocycles. The molecule has 2 atom stereocenters. The summed E-state index contributed by atoms with van der Waals surface area (Å²) in [5.74, 6) is -0.374. The van der Waals surface area contributed by atoms with E-state index >= 15 is 0 Å². The molecule has 1 fully saturated rings. The Labute approximate surface area is 128 Å². The highest BCUT2D eigenvalue weighted by Crippen LogP contribution is 2.24. The van der Waals surface area contributed by atoms with E-state index in [4.69, 9.17) is 16.9 Å². The van der Waals surface area contributed by atoms with Gasteiger partial charge in [0.25, 0.3) is 5.91 Å². The molecule has 1 aromatic rings. The molecule has 0 aliphatic carbocycles. The number of benzene rings is 1. The van der Waals surface area contributed by atoms with E-state index in [0.29, 0.717) is 16.3 Å². The number of likely N-dealkylation sites (tertiary alicyclic amines) is 1. The van der Waals surface area contributed by atoms with Gasteiger partial charge in [-0.05, 0) is 31.5 Å². The lowest BCUT2D eigenvalue weighted by atomic mass is 10.2. The molecule has 0 spiro atoms. The van der Waals surface area contributed by atoms with Crippen LogP contribution in [0.4, 0.5) is 5.69 Å². The Kier molecular flexibility index (Phi) is 4.49. The molecule has 1 N–H and O–H groups in total. The minimum Gasteiger partial charge on any atom is -0.373 e. The number of rotatable bonds is 4. The minimum absolute atomic E-state index is 0.0960. The Morgan fingerprint density at radius 2 is 2.24 bits per heavy atom. The third-order valence-corrected chi connectivity index (χ3v) is 3.96. The molecule has 1 saturated heterocycles. The number of halogens is 1. The molecule has 0 aromatic heterocycles. The van der Waals surface area contributed by atoms with Crippen LogP contribution in [0.15, 0.2) is 18.2 Å². The molecule has 2 unspecified atom stereocenters. The second-order valence-electron chi connectivity index (χ2n) is 5.07. The maximum Gasteiger partial charge on any atom is 0.252 e. The van der Waals surface area contributed by atoms with Gasteiger partial charge in [0.1, 0.15) is 12.1 Å². The van der Waals surface area contributed by atoms with Gasteiger partial charge >= 0.3 is 0 Å². The zero-order chi connectivity index (χ0) is 15.6. The second kappa shape index (κ2) is 6.15. The van der Waals surface area contributed by atoms with Crippen LogP contribution in [0.1, 0.15) is 32.3 Å². The third-order valence-electron chi connectivity index (χ3n) is 3.64. The Hall–Kier alpha value is -2.06. The lowest BCUT2D eigenvalue weighted by Crippen LogP contribution is -2.40. The lowest BCUT2D eigenvalue weighted by Gasteiger charge is -2.21. The van der Waals surface area contributed by atoms with Crippen LogP contribution < -0.4 is 5.32 Å². The summed E-state index contributed by atoms with van der Waals surface area (Å²) < 4.78 is 0. The normalized spacial score (nSPS) is 19.5. The van der Waals surface area contributed by atoms with Crippen molar-refractivity contribution in [3.8, 4) is 6.07 Å². The quantitative estimate of drug-likeness (QED) is 0.868. The van der Waals surface area contributed by atoms with E-state index in [-0.39, 0.29) is 24.3 Å². The standard InChI is InChI=1S/C15H16ClN3O2/c1-3-9(2)19-14(20)7-13(15(19)21)18-11-5-4-10(8-17)12(16)6-11/h4-6,9,13,18H,3,7H2,1-2H3. The van der Waals surface area contributed by atoms with Gasteiger partial charge in [0.2, 0.25) is 5.91 Å². The molecule has 1 aromatic carbocycles. The van der Waals surface area contributed by atoms with Crippen LogP contribution in [0.3, 0.4) is 0 Å². The van der Waals surface area contributed by atoms with Gasteiger partial charge in [0.15, 0.2) is 0 Å². The zero-order valence-corrected chi connectivity index (χ0v) is 12.6. The van der Waals surface area contributed by atoms with Crippen molar-refractivity contribution in [2.45, 2.75) is 38.8 Å². The maximum atomic E-state index is 12.3. The Morgan fingerprint density at radius 1 is 1.52 bits per heavy atom. The molecule has 6 heteroatoms. The van der Waals surface area contributed by atoms with Crippen LogP contribution >= 0.6 is 11.6 Å². The number of anilines is 1. The number of nitriles is 1. The Balaban J connectivity index is 2.14. The largest absolute Gasteiger partial charge is 0.373 e. The molecular formula is C15H16ClN3O2. The highest BCUT2D eigenvalue weighted by Gasteiger charge is 2.40. The average Bonchev–Trinajstić information content (AvgIpc) is 2.73. The first-order chi connectivity index (χ1) is 9.97. The molecule has 2 amide bonds. The van der Waals surface area contributed by atoms with E-state index in [0.717, 1.165) is 6.42 Å². The first-order valence-corrected chi connectivity index (χ1v) is 7.17. The number of nitrogens with zero attached hydrogens (tertiary/aromatic N) is 2. The van der Waals surface area contributed by atoms with E-state index < -0.39 is 6.04 Å². The fourth-order valence-corrected chi connectivity index (χ4v) is 2.53. The van der Waals surface area contributed by atoms with Crippen LogP contribution in [0.2, 0.25) is 5.02 Å². The van der Waals surface area contributed by atoms with Crippen LogP contribution in [-0.2, 0) is 9.59 Å². The number of nitrogens with one attached hydrogen (secondary N) is 1. The predicted molar refractivity (Wildman–Crippen MR) is 79.8 cm³/mol. The zero-order valence-electron chi connectivity index (χ0n) is 11.9. The summed E-state index contributed by atoms with van der Waals surface area (Å²) >= 11 is 5.96. The van der Waals surface area contributed by atoms with E-state index in [2.05, 4.69) is 5.32 Å². The van der Waals surface area contributed by atoms with Gasteiger partial charge in [0, 0.05) is 11.7 Å². The molecule has 0 bridgehead atoms. The van der Waals surface area contributed by atoms with Gasteiger partial charge in [-0.3, -0.25) is 14.5 Å². The summed E-state index contributed by atoms with van der Waals surface area (Å²) in [5.41, 5.74) is 0.994. The highest BCUT2D eigenvalue weighted by molar-refractivity contribution is 6.32. The van der Waals surface area contributed by atoms with Crippen LogP contribution in [0.5, 0.6) is 0 Å². The Bertz CT molecular complexity index is 624. The fraction of sp³-hybridized carbons (Fsp3) is 0.400. The predicted octanol–water partition coefficient (Wildman–Crippen LogP) is 2.55. The summed E-state index contributed by atoms with van der Waals surface area (Å²) in [6.07, 6.45) is 0.869. The van der Waals surface area contributed by atoms with Crippen molar-refractivity contribution < 1.29 is 9.59 Å². The van der Waals surface area contributed by atoms with E-state index in [1.54, 1.807) is 18.2 Å². The van der Waals surface area contributed by atoms with Gasteiger partial charge < -0.3 is 5.32 Å². The number of carbonyl (C=O) groups excluding carboxylic acids is 2. The van der Waals surface area contributed by atoms with E-state index in [9.17, 15) is 9.59 Å². The topological polar surface area (TPSA) is 73.2 Å². The molecule has 1 aliphatic rings. The molecule has 2 rings (SSSR count). The first-order valence-electron chi connectivity index (χ1n) is 6.80. The fourth-order valence-electron chi connectivity index (χ4n) is 2.31. The third kappa shape index (κ3) is 3.01.